The van der Waals surface area contributed by atoms with Crippen molar-refractivity contribution in [2.45, 2.75) is 46.3 Å². The third kappa shape index (κ3) is 3.18. The summed E-state index contributed by atoms with van der Waals surface area (Å²) < 4.78 is 7.16. The number of aryl methyl sites for hydroxylation is 1. The molecule has 0 saturated heterocycles. The molecular formula is C15H23N5O2. The van der Waals surface area contributed by atoms with E-state index < -0.39 is 11.6 Å². The van der Waals surface area contributed by atoms with Crippen molar-refractivity contribution in [2.75, 3.05) is 11.4 Å². The molecule has 1 unspecified atom stereocenters. The molecule has 0 fully saturated rings. The van der Waals surface area contributed by atoms with E-state index in [1.54, 1.807) is 10.9 Å². The van der Waals surface area contributed by atoms with Gasteiger partial charge in [0.1, 0.15) is 23.8 Å². The Labute approximate surface area is 130 Å². The first-order chi connectivity index (χ1) is 10.2. The first-order valence-electron chi connectivity index (χ1n) is 7.36. The van der Waals surface area contributed by atoms with Crippen molar-refractivity contribution in [3.05, 3.63) is 12.5 Å². The van der Waals surface area contributed by atoms with Crippen molar-refractivity contribution in [1.29, 1.82) is 0 Å². The molecule has 0 radical (unpaired) electrons. The summed E-state index contributed by atoms with van der Waals surface area (Å²) in [4.78, 5) is 22.8. The average molecular weight is 305 g/mol. The van der Waals surface area contributed by atoms with Gasteiger partial charge in [0.05, 0.1) is 11.6 Å². The third-order valence-corrected chi connectivity index (χ3v) is 3.34. The summed E-state index contributed by atoms with van der Waals surface area (Å²) in [5, 5.41) is 5.03. The number of hydrogen-bond acceptors (Lipinski definition) is 6. The molecule has 0 N–H and O–H groups in total. The normalized spacial score (nSPS) is 13.2. The lowest BCUT2D eigenvalue weighted by Crippen LogP contribution is -2.43. The second-order valence-electron chi connectivity index (χ2n) is 6.20. The van der Waals surface area contributed by atoms with E-state index in [2.05, 4.69) is 15.1 Å². The number of hydrogen-bond donors (Lipinski definition) is 0. The van der Waals surface area contributed by atoms with E-state index in [1.807, 2.05) is 46.6 Å². The van der Waals surface area contributed by atoms with Gasteiger partial charge in [0.2, 0.25) is 0 Å². The number of likely N-dealkylation sites (N-methyl/N-ethyl adjacent to an activating group) is 1. The number of carbonyl (C=O) groups is 1. The van der Waals surface area contributed by atoms with Crippen LogP contribution in [0.4, 0.5) is 5.82 Å². The van der Waals surface area contributed by atoms with Crippen molar-refractivity contribution in [2.24, 2.45) is 7.05 Å². The maximum atomic E-state index is 12.3. The Kier molecular flexibility index (Phi) is 4.35. The van der Waals surface area contributed by atoms with Gasteiger partial charge in [0.15, 0.2) is 5.65 Å². The average Bonchev–Trinajstić information content (AvgIpc) is 2.80. The van der Waals surface area contributed by atoms with Crippen LogP contribution in [0.1, 0.15) is 34.6 Å². The molecule has 0 spiro atoms. The Balaban J connectivity index is 2.36. The molecule has 0 amide bonds. The molecule has 2 heterocycles. The molecular weight excluding hydrogens is 282 g/mol. The lowest BCUT2D eigenvalue weighted by molar-refractivity contribution is -0.156. The van der Waals surface area contributed by atoms with Crippen molar-refractivity contribution < 1.29 is 9.53 Å². The summed E-state index contributed by atoms with van der Waals surface area (Å²) in [7, 11) is 1.83. The monoisotopic (exact) mass is 305 g/mol. The molecule has 0 aromatic carbocycles. The van der Waals surface area contributed by atoms with E-state index in [4.69, 9.17) is 4.74 Å². The van der Waals surface area contributed by atoms with Crippen LogP contribution in [-0.4, -0.2) is 43.9 Å². The van der Waals surface area contributed by atoms with Crippen LogP contribution in [0, 0.1) is 0 Å². The zero-order valence-corrected chi connectivity index (χ0v) is 14.0. The van der Waals surface area contributed by atoms with Gasteiger partial charge in [0.25, 0.3) is 0 Å². The van der Waals surface area contributed by atoms with Crippen molar-refractivity contribution in [1.82, 2.24) is 19.7 Å². The van der Waals surface area contributed by atoms with Gasteiger partial charge in [-0.3, -0.25) is 4.68 Å². The number of anilines is 1. The Morgan fingerprint density at radius 1 is 1.41 bits per heavy atom. The molecule has 2 rings (SSSR count). The van der Waals surface area contributed by atoms with Crippen molar-refractivity contribution >= 4 is 22.8 Å². The number of ether oxygens (including phenoxy) is 1. The highest BCUT2D eigenvalue weighted by Crippen LogP contribution is 2.24. The number of nitrogens with zero attached hydrogens (tertiary/aromatic N) is 5. The van der Waals surface area contributed by atoms with Crippen LogP contribution in [0.25, 0.3) is 11.0 Å². The van der Waals surface area contributed by atoms with E-state index >= 15 is 0 Å². The molecule has 0 aliphatic rings. The molecule has 0 saturated carbocycles. The molecule has 120 valence electrons. The van der Waals surface area contributed by atoms with Gasteiger partial charge < -0.3 is 9.64 Å². The van der Waals surface area contributed by atoms with Gasteiger partial charge in [-0.25, -0.2) is 14.8 Å². The molecule has 2 aromatic heterocycles. The number of rotatable bonds is 4. The van der Waals surface area contributed by atoms with E-state index in [0.717, 1.165) is 11.0 Å². The summed E-state index contributed by atoms with van der Waals surface area (Å²) in [6.45, 7) is 10.0. The van der Waals surface area contributed by atoms with Crippen LogP contribution >= 0.6 is 0 Å². The summed E-state index contributed by atoms with van der Waals surface area (Å²) in [5.41, 5.74) is 0.222. The van der Waals surface area contributed by atoms with E-state index in [-0.39, 0.29) is 5.97 Å². The van der Waals surface area contributed by atoms with E-state index in [0.29, 0.717) is 12.4 Å². The van der Waals surface area contributed by atoms with E-state index in [1.165, 1.54) is 6.33 Å². The topological polar surface area (TPSA) is 73.1 Å². The summed E-state index contributed by atoms with van der Waals surface area (Å²) in [6.07, 6.45) is 3.21. The van der Waals surface area contributed by atoms with Gasteiger partial charge in [-0.15, -0.1) is 0 Å². The Morgan fingerprint density at radius 2 is 2.09 bits per heavy atom. The molecule has 0 aliphatic carbocycles. The van der Waals surface area contributed by atoms with Crippen molar-refractivity contribution in [3.8, 4) is 0 Å². The fraction of sp³-hybridized carbons (Fsp3) is 0.600. The second kappa shape index (κ2) is 5.90. The molecule has 22 heavy (non-hydrogen) atoms. The van der Waals surface area contributed by atoms with Crippen LogP contribution < -0.4 is 4.90 Å². The SMILES string of the molecule is CCN(c1ncnc2c1cnn2C)C(C)C(=O)OC(C)(C)C. The number of carbonyl (C=O) groups excluding carboxylic acids is 1. The molecule has 0 bridgehead atoms. The van der Waals surface area contributed by atoms with Crippen LogP contribution in [0.15, 0.2) is 12.5 Å². The summed E-state index contributed by atoms with van der Waals surface area (Å²) in [5.74, 6) is 0.420. The highest BCUT2D eigenvalue weighted by Gasteiger charge is 2.28. The fourth-order valence-corrected chi connectivity index (χ4v) is 2.30. The highest BCUT2D eigenvalue weighted by atomic mass is 16.6. The Morgan fingerprint density at radius 3 is 2.68 bits per heavy atom. The smallest absolute Gasteiger partial charge is 0.329 e. The predicted octanol–water partition coefficient (Wildman–Crippen LogP) is 1.92. The van der Waals surface area contributed by atoms with Gasteiger partial charge in [-0.2, -0.15) is 5.10 Å². The van der Waals surface area contributed by atoms with Gasteiger partial charge in [-0.1, -0.05) is 0 Å². The van der Waals surface area contributed by atoms with Gasteiger partial charge in [0, 0.05) is 13.6 Å². The first-order valence-corrected chi connectivity index (χ1v) is 7.36. The second-order valence-corrected chi connectivity index (χ2v) is 6.20. The fourth-order valence-electron chi connectivity index (χ4n) is 2.30. The number of fused-ring (bicyclic) bond motifs is 1. The zero-order valence-electron chi connectivity index (χ0n) is 14.0. The Hall–Kier alpha value is -2.18. The summed E-state index contributed by atoms with van der Waals surface area (Å²) >= 11 is 0. The maximum absolute atomic E-state index is 12.3. The van der Waals surface area contributed by atoms with Crippen molar-refractivity contribution in [3.63, 3.8) is 0 Å². The minimum Gasteiger partial charge on any atom is -0.458 e. The highest BCUT2D eigenvalue weighted by molar-refractivity contribution is 5.89. The summed E-state index contributed by atoms with van der Waals surface area (Å²) in [6, 6.07) is -0.442. The lowest BCUT2D eigenvalue weighted by Gasteiger charge is -2.30. The first kappa shape index (κ1) is 16.2. The number of esters is 1. The lowest BCUT2D eigenvalue weighted by atomic mass is 10.2. The molecule has 7 heteroatoms. The minimum absolute atomic E-state index is 0.273. The Bertz CT molecular complexity index is 674. The van der Waals surface area contributed by atoms with Crippen LogP contribution in [0.5, 0.6) is 0 Å². The maximum Gasteiger partial charge on any atom is 0.329 e. The number of aromatic nitrogens is 4. The molecule has 0 aliphatic heterocycles. The predicted molar refractivity (Wildman–Crippen MR) is 84.6 cm³/mol. The molecule has 2 aromatic rings. The van der Waals surface area contributed by atoms with E-state index in [9.17, 15) is 4.79 Å². The minimum atomic E-state index is -0.514. The largest absolute Gasteiger partial charge is 0.458 e. The standard InChI is InChI=1S/C15H23N5O2/c1-7-20(10(2)14(21)22-15(3,4)5)13-11-8-18-19(6)12(11)16-9-17-13/h8-10H,7H2,1-6H3. The molecule has 7 nitrogen and oxygen atoms in total. The van der Waals surface area contributed by atoms with Crippen LogP contribution in [0.2, 0.25) is 0 Å². The quantitative estimate of drug-likeness (QED) is 0.804. The van der Waals surface area contributed by atoms with Gasteiger partial charge >= 0.3 is 5.97 Å². The third-order valence-electron chi connectivity index (χ3n) is 3.34. The van der Waals surface area contributed by atoms with Crippen LogP contribution in [-0.2, 0) is 16.6 Å². The van der Waals surface area contributed by atoms with Gasteiger partial charge in [-0.05, 0) is 34.6 Å². The molecule has 1 atom stereocenters. The zero-order chi connectivity index (χ0) is 16.5. The van der Waals surface area contributed by atoms with Crippen LogP contribution in [0.3, 0.4) is 0 Å².